The average molecular weight is 127 g/mol. The van der Waals surface area contributed by atoms with Crippen LogP contribution < -0.4 is 5.73 Å². The van der Waals surface area contributed by atoms with Gasteiger partial charge in [0.05, 0.1) is 0 Å². The summed E-state index contributed by atoms with van der Waals surface area (Å²) < 4.78 is 0. The zero-order chi connectivity index (χ0) is 6.85. The molecule has 1 rings (SSSR count). The minimum atomic E-state index is 0.333. The topological polar surface area (TPSA) is 43.1 Å². The molecule has 1 aliphatic carbocycles. The molecule has 2 heteroatoms. The molecule has 0 spiro atoms. The summed E-state index contributed by atoms with van der Waals surface area (Å²) in [7, 11) is 0. The fourth-order valence-electron chi connectivity index (χ4n) is 1.16. The van der Waals surface area contributed by atoms with Crippen LogP contribution in [0.3, 0.4) is 0 Å². The number of hydrogen-bond acceptors (Lipinski definition) is 2. The van der Waals surface area contributed by atoms with Crippen molar-refractivity contribution in [1.82, 2.24) is 0 Å². The van der Waals surface area contributed by atoms with Gasteiger partial charge in [0, 0.05) is 12.3 Å². The van der Waals surface area contributed by atoms with Gasteiger partial charge in [0.15, 0.2) is 0 Å². The molecular weight excluding hydrogens is 114 g/mol. The Balaban J connectivity index is 2.25. The molecule has 9 heavy (non-hydrogen) atoms. The van der Waals surface area contributed by atoms with Gasteiger partial charge in [-0.05, 0) is 18.9 Å². The Bertz CT molecular complexity index is 122. The van der Waals surface area contributed by atoms with Gasteiger partial charge in [0.25, 0.3) is 0 Å². The second-order valence-corrected chi connectivity index (χ2v) is 2.66. The van der Waals surface area contributed by atoms with Crippen LogP contribution in [0.25, 0.3) is 0 Å². The average Bonchev–Trinajstić information content (AvgIpc) is 2.64. The summed E-state index contributed by atoms with van der Waals surface area (Å²) in [6.45, 7) is 2.60. The van der Waals surface area contributed by atoms with Gasteiger partial charge in [-0.2, -0.15) is 0 Å². The van der Waals surface area contributed by atoms with Crippen LogP contribution in [-0.2, 0) is 4.79 Å². The van der Waals surface area contributed by atoms with Crippen molar-refractivity contribution in [2.75, 3.05) is 6.54 Å². The van der Waals surface area contributed by atoms with Gasteiger partial charge in [-0.25, -0.2) is 0 Å². The Hall–Kier alpha value is -0.370. The van der Waals surface area contributed by atoms with Crippen LogP contribution in [0.1, 0.15) is 19.8 Å². The molecule has 0 radical (unpaired) electrons. The molecular formula is C7H13NO. The highest BCUT2D eigenvalue weighted by molar-refractivity contribution is 5.83. The smallest absolute Gasteiger partial charge is 0.136 e. The van der Waals surface area contributed by atoms with Crippen molar-refractivity contribution >= 4 is 5.78 Å². The van der Waals surface area contributed by atoms with Crippen molar-refractivity contribution in [3.05, 3.63) is 0 Å². The van der Waals surface area contributed by atoms with Gasteiger partial charge in [-0.3, -0.25) is 4.79 Å². The van der Waals surface area contributed by atoms with E-state index in [0.29, 0.717) is 30.6 Å². The summed E-state index contributed by atoms with van der Waals surface area (Å²) in [5, 5.41) is 0. The number of Topliss-reactive ketones (excluding diaryl/α,β-unsaturated/α-hetero) is 1. The van der Waals surface area contributed by atoms with Crippen molar-refractivity contribution < 1.29 is 4.79 Å². The van der Waals surface area contributed by atoms with Crippen LogP contribution >= 0.6 is 0 Å². The van der Waals surface area contributed by atoms with Crippen LogP contribution in [0.2, 0.25) is 0 Å². The zero-order valence-corrected chi connectivity index (χ0v) is 5.76. The molecule has 52 valence electrons. The highest BCUT2D eigenvalue weighted by atomic mass is 16.1. The maximum Gasteiger partial charge on any atom is 0.136 e. The fraction of sp³-hybridized carbons (Fsp3) is 0.857. The highest BCUT2D eigenvalue weighted by Gasteiger charge is 2.40. The Labute approximate surface area is 55.4 Å². The molecule has 0 bridgehead atoms. The molecule has 1 fully saturated rings. The van der Waals surface area contributed by atoms with Gasteiger partial charge in [-0.15, -0.1) is 0 Å². The molecule has 0 saturated heterocycles. The van der Waals surface area contributed by atoms with E-state index in [1.807, 2.05) is 6.92 Å². The Morgan fingerprint density at radius 2 is 2.44 bits per heavy atom. The van der Waals surface area contributed by atoms with E-state index in [1.54, 1.807) is 0 Å². The minimum Gasteiger partial charge on any atom is -0.330 e. The molecule has 1 aliphatic rings. The lowest BCUT2D eigenvalue weighted by molar-refractivity contribution is -0.120. The molecule has 0 aliphatic heterocycles. The van der Waals surface area contributed by atoms with Crippen molar-refractivity contribution in [2.45, 2.75) is 19.8 Å². The van der Waals surface area contributed by atoms with E-state index >= 15 is 0 Å². The minimum absolute atomic E-state index is 0.333. The summed E-state index contributed by atoms with van der Waals surface area (Å²) >= 11 is 0. The largest absolute Gasteiger partial charge is 0.330 e. The maximum absolute atomic E-state index is 10.9. The third-order valence-corrected chi connectivity index (χ3v) is 1.99. The first-order chi connectivity index (χ1) is 4.29. The maximum atomic E-state index is 10.9. The first kappa shape index (κ1) is 6.75. The molecule has 0 aromatic carbocycles. The van der Waals surface area contributed by atoms with Crippen molar-refractivity contribution in [3.8, 4) is 0 Å². The standard InChI is InChI=1S/C7H13NO/c1-2-7(9)6-3-5(6)4-8/h5-6H,2-4,8H2,1H3. The van der Waals surface area contributed by atoms with E-state index in [2.05, 4.69) is 0 Å². The van der Waals surface area contributed by atoms with Crippen LogP contribution in [0.5, 0.6) is 0 Å². The second-order valence-electron chi connectivity index (χ2n) is 2.66. The molecule has 1 saturated carbocycles. The monoisotopic (exact) mass is 127 g/mol. The zero-order valence-electron chi connectivity index (χ0n) is 5.76. The number of carbonyl (C=O) groups is 1. The highest BCUT2D eigenvalue weighted by Crippen LogP contribution is 2.38. The van der Waals surface area contributed by atoms with Crippen molar-refractivity contribution in [1.29, 1.82) is 0 Å². The Morgan fingerprint density at radius 1 is 1.78 bits per heavy atom. The van der Waals surface area contributed by atoms with Crippen LogP contribution in [0, 0.1) is 11.8 Å². The lowest BCUT2D eigenvalue weighted by Crippen LogP contribution is -2.07. The van der Waals surface area contributed by atoms with Crippen LogP contribution in [-0.4, -0.2) is 12.3 Å². The molecule has 2 atom stereocenters. The molecule has 2 unspecified atom stereocenters. The van der Waals surface area contributed by atoms with Gasteiger partial charge in [-0.1, -0.05) is 6.92 Å². The molecule has 0 amide bonds. The third-order valence-electron chi connectivity index (χ3n) is 1.99. The summed E-state index contributed by atoms with van der Waals surface area (Å²) in [4.78, 5) is 10.9. The molecule has 0 heterocycles. The van der Waals surface area contributed by atoms with Gasteiger partial charge >= 0.3 is 0 Å². The number of ketones is 1. The second kappa shape index (κ2) is 2.48. The number of hydrogen-bond donors (Lipinski definition) is 1. The number of rotatable bonds is 3. The molecule has 2 nitrogen and oxygen atoms in total. The van der Waals surface area contributed by atoms with Gasteiger partial charge < -0.3 is 5.73 Å². The lowest BCUT2D eigenvalue weighted by atomic mass is 10.2. The van der Waals surface area contributed by atoms with Crippen molar-refractivity contribution in [3.63, 3.8) is 0 Å². The summed E-state index contributed by atoms with van der Waals surface area (Å²) in [6.07, 6.45) is 1.73. The quantitative estimate of drug-likeness (QED) is 0.602. The van der Waals surface area contributed by atoms with E-state index in [9.17, 15) is 4.79 Å². The van der Waals surface area contributed by atoms with Crippen LogP contribution in [0.15, 0.2) is 0 Å². The summed E-state index contributed by atoms with van der Waals surface area (Å²) in [6, 6.07) is 0. The normalized spacial score (nSPS) is 32.2. The SMILES string of the molecule is CCC(=O)C1CC1CN. The summed E-state index contributed by atoms with van der Waals surface area (Å²) in [5.41, 5.74) is 5.36. The molecule has 2 N–H and O–H groups in total. The molecule has 0 aromatic rings. The van der Waals surface area contributed by atoms with E-state index in [1.165, 1.54) is 0 Å². The number of carbonyl (C=O) groups excluding carboxylic acids is 1. The van der Waals surface area contributed by atoms with Crippen molar-refractivity contribution in [2.24, 2.45) is 17.6 Å². The first-order valence-corrected chi connectivity index (χ1v) is 3.52. The fourth-order valence-corrected chi connectivity index (χ4v) is 1.16. The van der Waals surface area contributed by atoms with E-state index in [-0.39, 0.29) is 0 Å². The molecule has 0 aromatic heterocycles. The first-order valence-electron chi connectivity index (χ1n) is 3.52. The number of nitrogens with two attached hydrogens (primary N) is 1. The summed E-state index contributed by atoms with van der Waals surface area (Å²) in [5.74, 6) is 1.25. The van der Waals surface area contributed by atoms with E-state index < -0.39 is 0 Å². The van der Waals surface area contributed by atoms with E-state index in [4.69, 9.17) is 5.73 Å². The third kappa shape index (κ3) is 1.30. The predicted octanol–water partition coefficient (Wildman–Crippen LogP) is 0.560. The Morgan fingerprint density at radius 3 is 2.78 bits per heavy atom. The van der Waals surface area contributed by atoms with E-state index in [0.717, 1.165) is 6.42 Å². The lowest BCUT2D eigenvalue weighted by Gasteiger charge is -1.90. The van der Waals surface area contributed by atoms with Gasteiger partial charge in [0.1, 0.15) is 5.78 Å². The van der Waals surface area contributed by atoms with Gasteiger partial charge in [0.2, 0.25) is 0 Å². The van der Waals surface area contributed by atoms with Crippen LogP contribution in [0.4, 0.5) is 0 Å². The Kier molecular flexibility index (Phi) is 1.86. The predicted molar refractivity (Wildman–Crippen MR) is 35.9 cm³/mol.